The van der Waals surface area contributed by atoms with E-state index < -0.39 is 22.4 Å². The summed E-state index contributed by atoms with van der Waals surface area (Å²) in [6, 6.07) is 2.25. The molecule has 0 aliphatic rings. The maximum absolute atomic E-state index is 12.3. The van der Waals surface area contributed by atoms with Gasteiger partial charge in [-0.05, 0) is 0 Å². The molecule has 0 aromatic carbocycles. The van der Waals surface area contributed by atoms with Crippen LogP contribution in [0.25, 0.3) is 0 Å². The number of aromatic nitrogens is 2. The van der Waals surface area contributed by atoms with Crippen LogP contribution in [0.4, 0.5) is 0 Å². The normalized spacial score (nSPS) is 10.5. The second kappa shape index (κ2) is 8.89. The third kappa shape index (κ3) is 4.58. The van der Waals surface area contributed by atoms with Crippen LogP contribution in [0.2, 0.25) is 0 Å². The maximum atomic E-state index is 12.3. The monoisotopic (exact) mass is 390 g/mol. The molecule has 2 amide bonds. The predicted octanol–water partition coefficient (Wildman–Crippen LogP) is -0.129. The van der Waals surface area contributed by atoms with Gasteiger partial charge < -0.3 is 10.2 Å². The van der Waals surface area contributed by atoms with Gasteiger partial charge in [-0.1, -0.05) is 13.8 Å². The molecule has 0 aliphatic heterocycles. The Bertz CT molecular complexity index is 901. The van der Waals surface area contributed by atoms with Gasteiger partial charge >= 0.3 is 0 Å². The zero-order chi connectivity index (χ0) is 20.8. The molecule has 0 spiro atoms. The van der Waals surface area contributed by atoms with Gasteiger partial charge in [0.05, 0.1) is 25.5 Å². The topological polar surface area (TPSA) is 125 Å². The Morgan fingerprint density at radius 1 is 0.821 bits per heavy atom. The van der Waals surface area contributed by atoms with Crippen LogP contribution in [-0.4, -0.2) is 44.5 Å². The minimum absolute atomic E-state index is 0.0353. The quantitative estimate of drug-likeness (QED) is 0.679. The zero-order valence-corrected chi connectivity index (χ0v) is 15.6. The Kier molecular flexibility index (Phi) is 6.59. The summed E-state index contributed by atoms with van der Waals surface area (Å²) in [6.07, 6.45) is 5.24. The first-order chi connectivity index (χ1) is 13.3. The molecule has 10 nitrogen and oxygen atoms in total. The van der Waals surface area contributed by atoms with Crippen molar-refractivity contribution < 1.29 is 19.8 Å². The highest BCUT2D eigenvalue weighted by molar-refractivity contribution is 5.87. The number of carbonyl (C=O) groups excluding carboxylic acids is 2. The van der Waals surface area contributed by atoms with Crippen LogP contribution in [-0.2, 0) is 9.59 Å². The zero-order valence-electron chi connectivity index (χ0n) is 15.6. The largest absolute Gasteiger partial charge is 0.503 e. The second-order valence-corrected chi connectivity index (χ2v) is 5.89. The molecule has 0 saturated heterocycles. The lowest BCUT2D eigenvalue weighted by molar-refractivity contribution is -0.121. The average Bonchev–Trinajstić information content (AvgIpc) is 2.69. The molecule has 0 radical (unpaired) electrons. The number of rotatable bonds is 7. The molecule has 10 heteroatoms. The summed E-state index contributed by atoms with van der Waals surface area (Å²) >= 11 is 0. The van der Waals surface area contributed by atoms with Crippen LogP contribution < -0.4 is 20.9 Å². The van der Waals surface area contributed by atoms with E-state index in [1.807, 2.05) is 0 Å². The molecular formula is C18H22N4O6. The fraction of sp³-hybridized carbons (Fsp3) is 0.333. The number of amides is 2. The molecule has 2 N–H and O–H groups in total. The van der Waals surface area contributed by atoms with Crippen molar-refractivity contribution in [3.05, 3.63) is 57.4 Å². The van der Waals surface area contributed by atoms with E-state index in [2.05, 4.69) is 0 Å². The van der Waals surface area contributed by atoms with Gasteiger partial charge in [-0.3, -0.25) is 28.5 Å². The fourth-order valence-electron chi connectivity index (χ4n) is 2.52. The smallest absolute Gasteiger partial charge is 0.241 e. The summed E-state index contributed by atoms with van der Waals surface area (Å²) in [7, 11) is 0. The standard InChI is InChI=1S/C18H22N4O6/c1-3-17(27)21(19-7-5-13(23)15(25)11-19)9-10-22(18(28)4-2)20-8-6-14(24)16(26)12-20/h5-8,11-12,25-26H,3-4,9-10H2,1-2H3. The van der Waals surface area contributed by atoms with Crippen molar-refractivity contribution in [1.82, 2.24) is 9.35 Å². The Morgan fingerprint density at radius 2 is 1.18 bits per heavy atom. The van der Waals surface area contributed by atoms with E-state index in [-0.39, 0.29) is 37.7 Å². The highest BCUT2D eigenvalue weighted by atomic mass is 16.3. The highest BCUT2D eigenvalue weighted by Gasteiger charge is 2.19. The molecule has 0 atom stereocenters. The molecule has 2 aromatic rings. The van der Waals surface area contributed by atoms with Crippen molar-refractivity contribution in [3.8, 4) is 11.5 Å². The Balaban J connectivity index is 2.33. The van der Waals surface area contributed by atoms with Crippen LogP contribution in [0.3, 0.4) is 0 Å². The van der Waals surface area contributed by atoms with E-state index in [0.717, 1.165) is 24.5 Å². The van der Waals surface area contributed by atoms with Crippen molar-refractivity contribution in [3.63, 3.8) is 0 Å². The predicted molar refractivity (Wildman–Crippen MR) is 101 cm³/mol. The SMILES string of the molecule is CCC(=O)N(CCN(C(=O)CC)n1ccc(=O)c(O)c1)n1ccc(=O)c(O)c1. The lowest BCUT2D eigenvalue weighted by atomic mass is 10.4. The molecule has 0 saturated carbocycles. The van der Waals surface area contributed by atoms with Crippen molar-refractivity contribution in [2.75, 3.05) is 23.1 Å². The van der Waals surface area contributed by atoms with Gasteiger partial charge in [-0.15, -0.1) is 0 Å². The van der Waals surface area contributed by atoms with Crippen LogP contribution in [0.1, 0.15) is 26.7 Å². The van der Waals surface area contributed by atoms with E-state index in [4.69, 9.17) is 0 Å². The number of hydrogen-bond acceptors (Lipinski definition) is 6. The van der Waals surface area contributed by atoms with Gasteiger partial charge in [0.2, 0.25) is 22.7 Å². The van der Waals surface area contributed by atoms with Gasteiger partial charge in [-0.25, -0.2) is 10.0 Å². The number of pyridine rings is 2. The molecular weight excluding hydrogens is 368 g/mol. The van der Waals surface area contributed by atoms with Gasteiger partial charge in [0.15, 0.2) is 11.5 Å². The lowest BCUT2D eigenvalue weighted by Gasteiger charge is -2.30. The van der Waals surface area contributed by atoms with E-state index in [1.165, 1.54) is 31.8 Å². The number of nitrogens with zero attached hydrogens (tertiary/aromatic N) is 4. The molecule has 28 heavy (non-hydrogen) atoms. The van der Waals surface area contributed by atoms with Crippen LogP contribution in [0, 0.1) is 0 Å². The molecule has 150 valence electrons. The number of carbonyl (C=O) groups is 2. The molecule has 0 unspecified atom stereocenters. The third-order valence-corrected chi connectivity index (χ3v) is 4.03. The lowest BCUT2D eigenvalue weighted by Crippen LogP contribution is -2.49. The van der Waals surface area contributed by atoms with Crippen molar-refractivity contribution in [1.29, 1.82) is 0 Å². The molecule has 2 rings (SSSR count). The first-order valence-corrected chi connectivity index (χ1v) is 8.72. The Labute approximate surface area is 160 Å². The Morgan fingerprint density at radius 3 is 1.46 bits per heavy atom. The van der Waals surface area contributed by atoms with Gasteiger partial charge in [0.25, 0.3) is 0 Å². The van der Waals surface area contributed by atoms with Gasteiger partial charge in [0.1, 0.15) is 0 Å². The van der Waals surface area contributed by atoms with Crippen LogP contribution in [0.5, 0.6) is 11.5 Å². The third-order valence-electron chi connectivity index (χ3n) is 4.03. The molecule has 0 aliphatic carbocycles. The molecule has 0 fully saturated rings. The van der Waals surface area contributed by atoms with E-state index in [1.54, 1.807) is 13.8 Å². The van der Waals surface area contributed by atoms with Crippen molar-refractivity contribution in [2.24, 2.45) is 0 Å². The molecule has 2 heterocycles. The van der Waals surface area contributed by atoms with Gasteiger partial charge in [0, 0.05) is 37.4 Å². The minimum atomic E-state index is -0.577. The number of hydrogen-bond donors (Lipinski definition) is 2. The maximum Gasteiger partial charge on any atom is 0.241 e. The summed E-state index contributed by atoms with van der Waals surface area (Å²) in [6.45, 7) is 3.39. The Hall–Kier alpha value is -3.56. The average molecular weight is 390 g/mol. The van der Waals surface area contributed by atoms with Crippen LogP contribution in [0.15, 0.2) is 46.5 Å². The highest BCUT2D eigenvalue weighted by Crippen LogP contribution is 2.05. The van der Waals surface area contributed by atoms with Gasteiger partial charge in [-0.2, -0.15) is 0 Å². The minimum Gasteiger partial charge on any atom is -0.503 e. The summed E-state index contributed by atoms with van der Waals surface area (Å²) < 4.78 is 2.56. The summed E-state index contributed by atoms with van der Waals surface area (Å²) in [5, 5.41) is 21.8. The van der Waals surface area contributed by atoms with E-state index >= 15 is 0 Å². The van der Waals surface area contributed by atoms with Crippen molar-refractivity contribution >= 4 is 11.8 Å². The first kappa shape index (κ1) is 20.7. The molecule has 0 bridgehead atoms. The van der Waals surface area contributed by atoms with Crippen LogP contribution >= 0.6 is 0 Å². The summed E-state index contributed by atoms with van der Waals surface area (Å²) in [4.78, 5) is 47.5. The first-order valence-electron chi connectivity index (χ1n) is 8.72. The van der Waals surface area contributed by atoms with E-state index in [0.29, 0.717) is 0 Å². The fourth-order valence-corrected chi connectivity index (χ4v) is 2.52. The number of aromatic hydroxyl groups is 2. The molecule has 2 aromatic heterocycles. The van der Waals surface area contributed by atoms with Crippen molar-refractivity contribution in [2.45, 2.75) is 26.7 Å². The second-order valence-electron chi connectivity index (χ2n) is 5.89. The summed E-state index contributed by atoms with van der Waals surface area (Å²) in [5.41, 5.74) is -1.15. The summed E-state index contributed by atoms with van der Waals surface area (Å²) in [5.74, 6) is -1.61. The van der Waals surface area contributed by atoms with E-state index in [9.17, 15) is 29.4 Å².